The number of hydrogen-bond donors (Lipinski definition) is 2. The molecule has 0 saturated carbocycles. The van der Waals surface area contributed by atoms with Crippen molar-refractivity contribution in [1.82, 2.24) is 10.9 Å². The average molecular weight is 264 g/mol. The molecule has 0 aromatic heterocycles. The summed E-state index contributed by atoms with van der Waals surface area (Å²) in [6, 6.07) is 7.39. The minimum Gasteiger partial charge on any atom is -0.484 e. The van der Waals surface area contributed by atoms with E-state index in [9.17, 15) is 9.59 Å². The number of hydrazine groups is 1. The first-order chi connectivity index (χ1) is 9.02. The number of amides is 2. The number of nitrogens with one attached hydrogen (secondary N) is 2. The largest absolute Gasteiger partial charge is 0.484 e. The van der Waals surface area contributed by atoms with Crippen LogP contribution in [0.1, 0.15) is 25.8 Å². The van der Waals surface area contributed by atoms with Crippen LogP contribution in [0.15, 0.2) is 24.3 Å². The van der Waals surface area contributed by atoms with Crippen LogP contribution < -0.4 is 15.6 Å². The molecule has 0 saturated heterocycles. The third-order valence-electron chi connectivity index (χ3n) is 2.78. The first-order valence-corrected chi connectivity index (χ1v) is 6.31. The van der Waals surface area contributed by atoms with Gasteiger partial charge in [0, 0.05) is 5.92 Å². The van der Waals surface area contributed by atoms with Gasteiger partial charge in [-0.25, -0.2) is 0 Å². The summed E-state index contributed by atoms with van der Waals surface area (Å²) in [5, 5.41) is 0. The number of hydrogen-bond acceptors (Lipinski definition) is 3. The quantitative estimate of drug-likeness (QED) is 0.793. The Balaban J connectivity index is 2.28. The highest BCUT2D eigenvalue weighted by Crippen LogP contribution is 2.10. The molecule has 104 valence electrons. The van der Waals surface area contributed by atoms with Crippen molar-refractivity contribution in [2.45, 2.75) is 27.2 Å². The van der Waals surface area contributed by atoms with Crippen molar-refractivity contribution in [2.24, 2.45) is 5.92 Å². The molecular formula is C14H20N2O3. The molecule has 1 rings (SSSR count). The van der Waals surface area contributed by atoms with E-state index in [0.717, 1.165) is 12.0 Å². The summed E-state index contributed by atoms with van der Waals surface area (Å²) in [7, 11) is 0. The van der Waals surface area contributed by atoms with Crippen molar-refractivity contribution in [3.05, 3.63) is 29.8 Å². The summed E-state index contributed by atoms with van der Waals surface area (Å²) >= 11 is 0. The first-order valence-electron chi connectivity index (χ1n) is 6.31. The van der Waals surface area contributed by atoms with Gasteiger partial charge in [-0.05, 0) is 25.5 Å². The van der Waals surface area contributed by atoms with Crippen molar-refractivity contribution in [1.29, 1.82) is 0 Å². The molecule has 0 bridgehead atoms. The Morgan fingerprint density at radius 3 is 2.42 bits per heavy atom. The third kappa shape index (κ3) is 5.42. The number of benzene rings is 1. The molecule has 0 heterocycles. The van der Waals surface area contributed by atoms with E-state index in [0.29, 0.717) is 5.75 Å². The van der Waals surface area contributed by atoms with Crippen LogP contribution in [-0.2, 0) is 9.59 Å². The molecule has 1 atom stereocenters. The molecule has 0 fully saturated rings. The highest BCUT2D eigenvalue weighted by Gasteiger charge is 2.11. The lowest BCUT2D eigenvalue weighted by atomic mass is 10.1. The van der Waals surface area contributed by atoms with Crippen molar-refractivity contribution >= 4 is 11.8 Å². The summed E-state index contributed by atoms with van der Waals surface area (Å²) < 4.78 is 5.28. The molecule has 0 radical (unpaired) electrons. The van der Waals surface area contributed by atoms with Crippen LogP contribution >= 0.6 is 0 Å². The molecule has 0 spiro atoms. The van der Waals surface area contributed by atoms with Crippen LogP contribution in [0, 0.1) is 12.8 Å². The van der Waals surface area contributed by atoms with Gasteiger partial charge in [-0.15, -0.1) is 0 Å². The predicted octanol–water partition coefficient (Wildman–Crippen LogP) is 1.57. The van der Waals surface area contributed by atoms with Crippen LogP contribution in [0.2, 0.25) is 0 Å². The van der Waals surface area contributed by atoms with Crippen molar-refractivity contribution in [3.63, 3.8) is 0 Å². The number of rotatable bonds is 5. The number of ether oxygens (including phenoxy) is 1. The highest BCUT2D eigenvalue weighted by atomic mass is 16.5. The molecule has 5 heteroatoms. The lowest BCUT2D eigenvalue weighted by molar-refractivity contribution is -0.131. The second-order valence-corrected chi connectivity index (χ2v) is 4.45. The minimum atomic E-state index is -0.391. The maximum absolute atomic E-state index is 11.4. The van der Waals surface area contributed by atoms with Gasteiger partial charge in [0.15, 0.2) is 6.61 Å². The van der Waals surface area contributed by atoms with Crippen LogP contribution in [0.3, 0.4) is 0 Å². The molecule has 0 aliphatic rings. The van der Waals surface area contributed by atoms with Crippen LogP contribution in [0.5, 0.6) is 5.75 Å². The maximum atomic E-state index is 11.4. The third-order valence-corrected chi connectivity index (χ3v) is 2.78. The maximum Gasteiger partial charge on any atom is 0.276 e. The molecule has 1 unspecified atom stereocenters. The lowest BCUT2D eigenvalue weighted by Crippen LogP contribution is -2.45. The fourth-order valence-electron chi connectivity index (χ4n) is 1.26. The Bertz CT molecular complexity index is 429. The molecule has 0 aliphatic heterocycles. The zero-order chi connectivity index (χ0) is 14.3. The Labute approximate surface area is 113 Å². The summed E-state index contributed by atoms with van der Waals surface area (Å²) in [5.74, 6) is -0.101. The van der Waals surface area contributed by atoms with Crippen molar-refractivity contribution in [2.75, 3.05) is 6.61 Å². The number of carbonyl (C=O) groups excluding carboxylic acids is 2. The van der Waals surface area contributed by atoms with E-state index < -0.39 is 5.91 Å². The Kier molecular flexibility index (Phi) is 5.85. The highest BCUT2D eigenvalue weighted by molar-refractivity contribution is 5.83. The number of aryl methyl sites for hydroxylation is 1. The van der Waals surface area contributed by atoms with Crippen LogP contribution in [0.25, 0.3) is 0 Å². The monoisotopic (exact) mass is 264 g/mol. The van der Waals surface area contributed by atoms with Gasteiger partial charge in [0.2, 0.25) is 5.91 Å². The Morgan fingerprint density at radius 2 is 1.84 bits per heavy atom. The van der Waals surface area contributed by atoms with E-state index in [1.807, 2.05) is 26.0 Å². The van der Waals surface area contributed by atoms with Gasteiger partial charge in [-0.3, -0.25) is 20.4 Å². The predicted molar refractivity (Wildman–Crippen MR) is 72.4 cm³/mol. The van der Waals surface area contributed by atoms with E-state index in [1.54, 1.807) is 19.1 Å². The molecule has 2 amide bonds. The van der Waals surface area contributed by atoms with Crippen LogP contribution in [0.4, 0.5) is 0 Å². The average Bonchev–Trinajstić information content (AvgIpc) is 2.43. The Hall–Kier alpha value is -2.04. The molecule has 2 N–H and O–H groups in total. The standard InChI is InChI=1S/C14H20N2O3/c1-4-11(3)14(18)16-15-13(17)9-19-12-7-5-10(2)6-8-12/h5-8,11H,4,9H2,1-3H3,(H,15,17)(H,16,18). The van der Waals surface area contributed by atoms with Gasteiger partial charge in [0.25, 0.3) is 5.91 Å². The van der Waals surface area contributed by atoms with Gasteiger partial charge in [-0.1, -0.05) is 31.5 Å². The second-order valence-electron chi connectivity index (χ2n) is 4.45. The zero-order valence-electron chi connectivity index (χ0n) is 11.5. The number of carbonyl (C=O) groups is 2. The zero-order valence-corrected chi connectivity index (χ0v) is 11.5. The van der Waals surface area contributed by atoms with Gasteiger partial charge >= 0.3 is 0 Å². The second kappa shape index (κ2) is 7.41. The lowest BCUT2D eigenvalue weighted by Gasteiger charge is -2.11. The molecule has 5 nitrogen and oxygen atoms in total. The van der Waals surface area contributed by atoms with E-state index in [4.69, 9.17) is 4.74 Å². The smallest absolute Gasteiger partial charge is 0.276 e. The topological polar surface area (TPSA) is 67.4 Å². The fraction of sp³-hybridized carbons (Fsp3) is 0.429. The SMILES string of the molecule is CCC(C)C(=O)NNC(=O)COc1ccc(C)cc1. The molecule has 0 aliphatic carbocycles. The van der Waals surface area contributed by atoms with Crippen molar-refractivity contribution in [3.8, 4) is 5.75 Å². The van der Waals surface area contributed by atoms with E-state index in [-0.39, 0.29) is 18.4 Å². The summed E-state index contributed by atoms with van der Waals surface area (Å²) in [6.45, 7) is 5.54. The molecule has 19 heavy (non-hydrogen) atoms. The van der Waals surface area contributed by atoms with E-state index >= 15 is 0 Å². The van der Waals surface area contributed by atoms with E-state index in [2.05, 4.69) is 10.9 Å². The van der Waals surface area contributed by atoms with Crippen molar-refractivity contribution < 1.29 is 14.3 Å². The molecular weight excluding hydrogens is 244 g/mol. The molecule has 1 aromatic rings. The fourth-order valence-corrected chi connectivity index (χ4v) is 1.26. The van der Waals surface area contributed by atoms with E-state index in [1.165, 1.54) is 0 Å². The van der Waals surface area contributed by atoms with Crippen LogP contribution in [-0.4, -0.2) is 18.4 Å². The van der Waals surface area contributed by atoms with Gasteiger partial charge < -0.3 is 4.74 Å². The van der Waals surface area contributed by atoms with Gasteiger partial charge in [0.1, 0.15) is 5.75 Å². The summed E-state index contributed by atoms with van der Waals surface area (Å²) in [6.07, 6.45) is 0.724. The minimum absolute atomic E-state index is 0.127. The Morgan fingerprint density at radius 1 is 1.21 bits per heavy atom. The van der Waals surface area contributed by atoms with Gasteiger partial charge in [-0.2, -0.15) is 0 Å². The van der Waals surface area contributed by atoms with Gasteiger partial charge in [0.05, 0.1) is 0 Å². The molecule has 1 aromatic carbocycles. The summed E-state index contributed by atoms with van der Waals surface area (Å²) in [4.78, 5) is 22.9. The normalized spacial score (nSPS) is 11.5. The summed E-state index contributed by atoms with van der Waals surface area (Å²) in [5.41, 5.74) is 5.80. The first kappa shape index (κ1) is 15.0.